The third-order valence-corrected chi connectivity index (χ3v) is 8.36. The molecule has 0 aliphatic carbocycles. The number of hydrogen-bond donors (Lipinski definition) is 0. The van der Waals surface area contributed by atoms with E-state index in [9.17, 15) is 2.74 Å². The molecule has 43 heavy (non-hydrogen) atoms. The van der Waals surface area contributed by atoms with Gasteiger partial charge in [0.25, 0.3) is 0 Å². The lowest BCUT2D eigenvalue weighted by molar-refractivity contribution is 0.670. The highest BCUT2D eigenvalue weighted by atomic mass is 16.3. The molecular formula is C42H26O. The van der Waals surface area contributed by atoms with E-state index in [1.54, 1.807) is 0 Å². The maximum atomic E-state index is 9.84. The minimum atomic E-state index is -0.406. The lowest BCUT2D eigenvalue weighted by Crippen LogP contribution is -1.92. The van der Waals surface area contributed by atoms with Crippen LogP contribution in [0.2, 0.25) is 0 Å². The zero-order chi connectivity index (χ0) is 33.6. The van der Waals surface area contributed by atoms with E-state index < -0.39 is 12.1 Å². The Morgan fingerprint density at radius 2 is 1.02 bits per heavy atom. The molecule has 9 aromatic rings. The Morgan fingerprint density at radius 3 is 1.77 bits per heavy atom. The van der Waals surface area contributed by atoms with Crippen LogP contribution in [-0.2, 0) is 0 Å². The lowest BCUT2D eigenvalue weighted by Gasteiger charge is -2.19. The van der Waals surface area contributed by atoms with Gasteiger partial charge in [-0.15, -0.1) is 0 Å². The highest BCUT2D eigenvalue weighted by molar-refractivity contribution is 6.24. The fourth-order valence-electron chi connectivity index (χ4n) is 6.52. The van der Waals surface area contributed by atoms with Crippen LogP contribution < -0.4 is 0 Å². The zero-order valence-electron chi connectivity index (χ0n) is 29.0. The molecule has 200 valence electrons. The van der Waals surface area contributed by atoms with Crippen molar-refractivity contribution in [3.63, 3.8) is 0 Å². The average molecular weight is 553 g/mol. The average Bonchev–Trinajstić information content (AvgIpc) is 3.54. The molecular weight excluding hydrogens is 520 g/mol. The lowest BCUT2D eigenvalue weighted by atomic mass is 9.84. The summed E-state index contributed by atoms with van der Waals surface area (Å²) < 4.78 is 60.3. The Balaban J connectivity index is 1.52. The molecule has 0 atom stereocenters. The summed E-state index contributed by atoms with van der Waals surface area (Å²) in [5.74, 6) is 0. The molecule has 1 heteroatoms. The van der Waals surface area contributed by atoms with Crippen LogP contribution in [0, 0.1) is 0 Å². The van der Waals surface area contributed by atoms with Gasteiger partial charge in [0.1, 0.15) is 11.2 Å². The Bertz CT molecular complexity index is 2780. The topological polar surface area (TPSA) is 13.1 Å². The molecule has 0 unspecified atom stereocenters. The van der Waals surface area contributed by atoms with Crippen molar-refractivity contribution in [1.29, 1.82) is 0 Å². The standard InChI is InChI=1S/C42H26O/c1-2-13-28(14-3-1)37-25-29(26-38-31-18-10-11-24-39(31)43-42(37)38)40-33-19-6-8-21-35(33)41(36-22-9-7-20-34(36)40)32-23-12-16-27-15-4-5-17-30(27)32/h1-26H/i10D,11D,18D,24D,25D,26D. The van der Waals surface area contributed by atoms with Gasteiger partial charge in [-0.1, -0.05) is 139 Å². The minimum absolute atomic E-state index is 0.0170. The summed E-state index contributed by atoms with van der Waals surface area (Å²) in [4.78, 5) is 0. The number of benzene rings is 8. The van der Waals surface area contributed by atoms with Crippen LogP contribution in [-0.4, -0.2) is 0 Å². The third kappa shape index (κ3) is 3.65. The molecule has 0 fully saturated rings. The molecule has 0 aliphatic rings. The monoisotopic (exact) mass is 552 g/mol. The smallest absolute Gasteiger partial charge is 0.143 e. The van der Waals surface area contributed by atoms with Crippen molar-refractivity contribution < 1.29 is 12.6 Å². The summed E-state index contributed by atoms with van der Waals surface area (Å²) >= 11 is 0. The van der Waals surface area contributed by atoms with Crippen molar-refractivity contribution in [2.75, 3.05) is 0 Å². The number of furan rings is 1. The van der Waals surface area contributed by atoms with Crippen LogP contribution in [0.5, 0.6) is 0 Å². The van der Waals surface area contributed by atoms with Gasteiger partial charge in [-0.25, -0.2) is 0 Å². The van der Waals surface area contributed by atoms with Gasteiger partial charge < -0.3 is 4.42 Å². The summed E-state index contributed by atoms with van der Waals surface area (Å²) in [6.45, 7) is 0. The molecule has 0 amide bonds. The predicted molar refractivity (Wildman–Crippen MR) is 183 cm³/mol. The first-order valence-corrected chi connectivity index (χ1v) is 14.3. The van der Waals surface area contributed by atoms with Gasteiger partial charge in [0.2, 0.25) is 0 Å². The molecule has 0 spiro atoms. The first-order chi connectivity index (χ1) is 23.9. The highest BCUT2D eigenvalue weighted by Crippen LogP contribution is 2.47. The minimum Gasteiger partial charge on any atom is -0.455 e. The van der Waals surface area contributed by atoms with Crippen molar-refractivity contribution in [1.82, 2.24) is 0 Å². The fourth-order valence-corrected chi connectivity index (χ4v) is 6.52. The second-order valence-electron chi connectivity index (χ2n) is 10.7. The van der Waals surface area contributed by atoms with Crippen LogP contribution >= 0.6 is 0 Å². The molecule has 1 heterocycles. The Labute approximate surface area is 257 Å². The number of para-hydroxylation sites is 1. The number of fused-ring (bicyclic) bond motifs is 6. The van der Waals surface area contributed by atoms with Gasteiger partial charge in [-0.3, -0.25) is 0 Å². The van der Waals surface area contributed by atoms with E-state index in [1.165, 1.54) is 0 Å². The largest absolute Gasteiger partial charge is 0.455 e. The van der Waals surface area contributed by atoms with Crippen LogP contribution in [0.1, 0.15) is 8.22 Å². The number of hydrogen-bond acceptors (Lipinski definition) is 1. The van der Waals surface area contributed by atoms with E-state index in [0.29, 0.717) is 16.7 Å². The van der Waals surface area contributed by atoms with Crippen LogP contribution in [0.4, 0.5) is 0 Å². The third-order valence-electron chi connectivity index (χ3n) is 8.36. The van der Waals surface area contributed by atoms with Crippen molar-refractivity contribution in [2.45, 2.75) is 0 Å². The van der Waals surface area contributed by atoms with Crippen molar-refractivity contribution in [2.24, 2.45) is 0 Å². The van der Waals surface area contributed by atoms with E-state index in [4.69, 9.17) is 9.90 Å². The van der Waals surface area contributed by atoms with Crippen molar-refractivity contribution in [3.05, 3.63) is 158 Å². The summed E-state index contributed by atoms with van der Waals surface area (Å²) in [5, 5.41) is 6.37. The van der Waals surface area contributed by atoms with E-state index >= 15 is 0 Å². The molecule has 1 nitrogen and oxygen atoms in total. The molecule has 0 saturated heterocycles. The second-order valence-corrected chi connectivity index (χ2v) is 10.7. The van der Waals surface area contributed by atoms with E-state index in [-0.39, 0.29) is 46.1 Å². The predicted octanol–water partition coefficient (Wildman–Crippen LogP) is 12.0. The summed E-state index contributed by atoms with van der Waals surface area (Å²) in [6, 6.07) is 39.0. The molecule has 0 radical (unpaired) electrons. The highest BCUT2D eigenvalue weighted by Gasteiger charge is 2.20. The van der Waals surface area contributed by atoms with Crippen molar-refractivity contribution in [3.8, 4) is 33.4 Å². The molecule has 0 saturated carbocycles. The van der Waals surface area contributed by atoms with Gasteiger partial charge in [-0.05, 0) is 78.3 Å². The Kier molecular flexibility index (Phi) is 4.11. The summed E-state index contributed by atoms with van der Waals surface area (Å²) in [5.41, 5.74) is 4.55. The van der Waals surface area contributed by atoms with Crippen molar-refractivity contribution >= 4 is 54.3 Å². The van der Waals surface area contributed by atoms with E-state index in [1.807, 2.05) is 78.9 Å². The molecule has 0 bridgehead atoms. The molecule has 0 aliphatic heterocycles. The van der Waals surface area contributed by atoms with Crippen LogP contribution in [0.15, 0.2) is 162 Å². The Morgan fingerprint density at radius 1 is 0.419 bits per heavy atom. The van der Waals surface area contributed by atoms with Gasteiger partial charge in [-0.2, -0.15) is 0 Å². The van der Waals surface area contributed by atoms with Gasteiger partial charge in [0.05, 0.1) is 8.22 Å². The maximum Gasteiger partial charge on any atom is 0.143 e. The fraction of sp³-hybridized carbons (Fsp3) is 0. The SMILES string of the molecule is [2H]c1c([2H])c([2H])c2c(oc3c(-c4ccccc4)c([2H])c(-c4c5ccccc5c(-c5cccc6ccccc56)c5ccccc45)c([2H])c32)c1[2H]. The quantitative estimate of drug-likeness (QED) is 0.199. The summed E-state index contributed by atoms with van der Waals surface area (Å²) in [7, 11) is 0. The van der Waals surface area contributed by atoms with Crippen LogP contribution in [0.25, 0.3) is 87.6 Å². The van der Waals surface area contributed by atoms with Gasteiger partial charge in [0.15, 0.2) is 0 Å². The zero-order valence-corrected chi connectivity index (χ0v) is 23.0. The molecule has 0 N–H and O–H groups in total. The summed E-state index contributed by atoms with van der Waals surface area (Å²) in [6.07, 6.45) is 0. The first kappa shape index (κ1) is 18.7. The van der Waals surface area contributed by atoms with Crippen LogP contribution in [0.3, 0.4) is 0 Å². The second kappa shape index (κ2) is 9.44. The Hall–Kier alpha value is -5.66. The maximum absolute atomic E-state index is 9.84. The molecule has 1 aromatic heterocycles. The van der Waals surface area contributed by atoms with E-state index in [2.05, 4.69) is 42.5 Å². The molecule has 9 rings (SSSR count). The molecule has 8 aromatic carbocycles. The van der Waals surface area contributed by atoms with Gasteiger partial charge in [0, 0.05) is 16.3 Å². The normalized spacial score (nSPS) is 13.7. The first-order valence-electron chi connectivity index (χ1n) is 17.3. The van der Waals surface area contributed by atoms with Gasteiger partial charge >= 0.3 is 0 Å². The van der Waals surface area contributed by atoms with E-state index in [0.717, 1.165) is 49.0 Å². The number of rotatable bonds is 3.